The summed E-state index contributed by atoms with van der Waals surface area (Å²) >= 11 is 0. The molecule has 1 saturated heterocycles. The Morgan fingerprint density at radius 1 is 1.27 bits per heavy atom. The van der Waals surface area contributed by atoms with Crippen molar-refractivity contribution in [3.05, 3.63) is 0 Å². The number of esters is 1. The second-order valence-corrected chi connectivity index (χ2v) is 4.87. The maximum Gasteiger partial charge on any atom is 0.305 e. The highest BCUT2D eigenvalue weighted by atomic mass is 16.5. The van der Waals surface area contributed by atoms with Gasteiger partial charge in [-0.2, -0.15) is 0 Å². The van der Waals surface area contributed by atoms with Crippen LogP contribution in [0.4, 0.5) is 0 Å². The van der Waals surface area contributed by atoms with Crippen molar-refractivity contribution in [2.24, 2.45) is 17.8 Å². The Kier molecular flexibility index (Phi) is 3.62. The predicted molar refractivity (Wildman–Crippen MR) is 58.4 cm³/mol. The lowest BCUT2D eigenvalue weighted by molar-refractivity contribution is -0.142. The molecule has 1 saturated carbocycles. The highest BCUT2D eigenvalue weighted by molar-refractivity contribution is 5.69. The first-order valence-corrected chi connectivity index (χ1v) is 6.09. The number of piperidine rings is 1. The van der Waals surface area contributed by atoms with Crippen LogP contribution >= 0.6 is 0 Å². The summed E-state index contributed by atoms with van der Waals surface area (Å²) in [5.41, 5.74) is 0. The molecule has 1 unspecified atom stereocenters. The molecule has 2 aliphatic rings. The average molecular weight is 211 g/mol. The summed E-state index contributed by atoms with van der Waals surface area (Å²) in [4.78, 5) is 11.4. The van der Waals surface area contributed by atoms with Gasteiger partial charge in [-0.3, -0.25) is 4.79 Å². The van der Waals surface area contributed by atoms with E-state index in [9.17, 15) is 4.79 Å². The van der Waals surface area contributed by atoms with Crippen molar-refractivity contribution in [3.63, 3.8) is 0 Å². The number of methoxy groups -OCH3 is 1. The Morgan fingerprint density at radius 3 is 2.40 bits per heavy atom. The van der Waals surface area contributed by atoms with Gasteiger partial charge < -0.3 is 10.1 Å². The van der Waals surface area contributed by atoms with Crippen LogP contribution in [0.25, 0.3) is 0 Å². The average Bonchev–Trinajstić information content (AvgIpc) is 3.10. The molecule has 0 radical (unpaired) electrons. The van der Waals surface area contributed by atoms with E-state index in [2.05, 4.69) is 5.32 Å². The summed E-state index contributed by atoms with van der Waals surface area (Å²) < 4.78 is 4.79. The quantitative estimate of drug-likeness (QED) is 0.717. The summed E-state index contributed by atoms with van der Waals surface area (Å²) in [6.45, 7) is 2.24. The van der Waals surface area contributed by atoms with Crippen molar-refractivity contribution in [2.45, 2.75) is 32.1 Å². The minimum Gasteiger partial charge on any atom is -0.469 e. The van der Waals surface area contributed by atoms with Crippen LogP contribution in [0.1, 0.15) is 32.1 Å². The van der Waals surface area contributed by atoms with Gasteiger partial charge in [-0.25, -0.2) is 0 Å². The molecule has 86 valence electrons. The van der Waals surface area contributed by atoms with Gasteiger partial charge in [-0.05, 0) is 56.5 Å². The van der Waals surface area contributed by atoms with E-state index >= 15 is 0 Å². The van der Waals surface area contributed by atoms with Crippen LogP contribution in [0.3, 0.4) is 0 Å². The van der Waals surface area contributed by atoms with Crippen molar-refractivity contribution in [2.75, 3.05) is 20.2 Å². The van der Waals surface area contributed by atoms with E-state index in [0.29, 0.717) is 12.3 Å². The largest absolute Gasteiger partial charge is 0.469 e. The normalized spacial score (nSPS) is 24.9. The Balaban J connectivity index is 1.89. The molecule has 0 aromatic rings. The monoisotopic (exact) mass is 211 g/mol. The number of rotatable bonds is 4. The molecular formula is C12H21NO2. The topological polar surface area (TPSA) is 38.3 Å². The second kappa shape index (κ2) is 4.97. The van der Waals surface area contributed by atoms with E-state index in [1.165, 1.54) is 32.8 Å². The van der Waals surface area contributed by atoms with Gasteiger partial charge in [0.25, 0.3) is 0 Å². The lowest BCUT2D eigenvalue weighted by Crippen LogP contribution is -2.33. The standard InChI is InChI=1S/C12H21NO2/c1-15-12(14)8-11(9-2-3-9)10-4-6-13-7-5-10/h9-11,13H,2-8H2,1H3. The zero-order chi connectivity index (χ0) is 10.7. The minimum atomic E-state index is -0.0227. The van der Waals surface area contributed by atoms with Gasteiger partial charge >= 0.3 is 5.97 Å². The zero-order valence-electron chi connectivity index (χ0n) is 9.50. The summed E-state index contributed by atoms with van der Waals surface area (Å²) in [7, 11) is 1.49. The smallest absolute Gasteiger partial charge is 0.305 e. The molecular weight excluding hydrogens is 190 g/mol. The third-order valence-corrected chi connectivity index (χ3v) is 3.85. The van der Waals surface area contributed by atoms with Crippen LogP contribution in [0.15, 0.2) is 0 Å². The van der Waals surface area contributed by atoms with Crippen LogP contribution in [0.2, 0.25) is 0 Å². The maximum absolute atomic E-state index is 11.4. The predicted octanol–water partition coefficient (Wildman–Crippen LogP) is 1.58. The summed E-state index contributed by atoms with van der Waals surface area (Å²) in [6.07, 6.45) is 5.76. The Morgan fingerprint density at radius 2 is 1.87 bits per heavy atom. The van der Waals surface area contributed by atoms with E-state index < -0.39 is 0 Å². The highest BCUT2D eigenvalue weighted by Crippen LogP contribution is 2.44. The van der Waals surface area contributed by atoms with E-state index in [-0.39, 0.29) is 5.97 Å². The number of carbonyl (C=O) groups is 1. The van der Waals surface area contributed by atoms with E-state index in [4.69, 9.17) is 4.74 Å². The molecule has 0 aromatic carbocycles. The van der Waals surface area contributed by atoms with Gasteiger partial charge in [0.05, 0.1) is 7.11 Å². The molecule has 3 heteroatoms. The zero-order valence-corrected chi connectivity index (χ0v) is 9.50. The molecule has 2 fully saturated rings. The number of ether oxygens (including phenoxy) is 1. The minimum absolute atomic E-state index is 0.0227. The van der Waals surface area contributed by atoms with Gasteiger partial charge in [0, 0.05) is 6.42 Å². The molecule has 1 atom stereocenters. The Labute approximate surface area is 91.6 Å². The van der Waals surface area contributed by atoms with Crippen molar-refractivity contribution < 1.29 is 9.53 Å². The van der Waals surface area contributed by atoms with Gasteiger partial charge in [-0.1, -0.05) is 0 Å². The number of hydrogen-bond acceptors (Lipinski definition) is 3. The van der Waals surface area contributed by atoms with Gasteiger partial charge in [-0.15, -0.1) is 0 Å². The Bertz CT molecular complexity index is 220. The summed E-state index contributed by atoms with van der Waals surface area (Å²) in [5.74, 6) is 2.13. The van der Waals surface area contributed by atoms with Crippen molar-refractivity contribution in [1.82, 2.24) is 5.32 Å². The molecule has 15 heavy (non-hydrogen) atoms. The van der Waals surface area contributed by atoms with Crippen LogP contribution in [0.5, 0.6) is 0 Å². The molecule has 0 spiro atoms. The molecule has 0 aromatic heterocycles. The van der Waals surface area contributed by atoms with Crippen LogP contribution < -0.4 is 5.32 Å². The maximum atomic E-state index is 11.4. The molecule has 1 N–H and O–H groups in total. The van der Waals surface area contributed by atoms with Crippen LogP contribution in [0, 0.1) is 17.8 Å². The third kappa shape index (κ3) is 2.94. The SMILES string of the molecule is COC(=O)CC(C1CCNCC1)C1CC1. The van der Waals surface area contributed by atoms with Crippen LogP contribution in [-0.4, -0.2) is 26.2 Å². The molecule has 1 aliphatic carbocycles. The first-order chi connectivity index (χ1) is 7.31. The van der Waals surface area contributed by atoms with Crippen molar-refractivity contribution in [1.29, 1.82) is 0 Å². The van der Waals surface area contributed by atoms with Gasteiger partial charge in [0.2, 0.25) is 0 Å². The van der Waals surface area contributed by atoms with Crippen molar-refractivity contribution in [3.8, 4) is 0 Å². The second-order valence-electron chi connectivity index (χ2n) is 4.87. The lowest BCUT2D eigenvalue weighted by atomic mass is 9.80. The number of hydrogen-bond donors (Lipinski definition) is 1. The molecule has 2 rings (SSSR count). The van der Waals surface area contributed by atoms with E-state index in [1.54, 1.807) is 0 Å². The molecule has 0 amide bonds. The van der Waals surface area contributed by atoms with E-state index in [0.717, 1.165) is 24.9 Å². The fourth-order valence-corrected chi connectivity index (χ4v) is 2.79. The molecule has 1 aliphatic heterocycles. The molecule has 1 heterocycles. The number of carbonyl (C=O) groups excluding carboxylic acids is 1. The summed E-state index contributed by atoms with van der Waals surface area (Å²) in [6, 6.07) is 0. The number of nitrogens with one attached hydrogen (secondary N) is 1. The van der Waals surface area contributed by atoms with Gasteiger partial charge in [0.1, 0.15) is 0 Å². The van der Waals surface area contributed by atoms with Gasteiger partial charge in [0.15, 0.2) is 0 Å². The molecule has 3 nitrogen and oxygen atoms in total. The van der Waals surface area contributed by atoms with E-state index in [1.807, 2.05) is 0 Å². The first-order valence-electron chi connectivity index (χ1n) is 6.09. The lowest BCUT2D eigenvalue weighted by Gasteiger charge is -2.30. The summed E-state index contributed by atoms with van der Waals surface area (Å²) in [5, 5.41) is 3.38. The highest BCUT2D eigenvalue weighted by Gasteiger charge is 2.38. The van der Waals surface area contributed by atoms with Crippen LogP contribution in [-0.2, 0) is 9.53 Å². The molecule has 0 bridgehead atoms. The third-order valence-electron chi connectivity index (χ3n) is 3.85. The Hall–Kier alpha value is -0.570. The first kappa shape index (κ1) is 10.9. The van der Waals surface area contributed by atoms with Crippen molar-refractivity contribution >= 4 is 5.97 Å². The fourth-order valence-electron chi connectivity index (χ4n) is 2.79. The fraction of sp³-hybridized carbons (Fsp3) is 0.917.